The number of aromatic nitrogens is 3. The van der Waals surface area contributed by atoms with Gasteiger partial charge in [-0.15, -0.1) is 5.10 Å². The van der Waals surface area contributed by atoms with E-state index < -0.39 is 0 Å². The van der Waals surface area contributed by atoms with Crippen molar-refractivity contribution in [3.8, 4) is 11.6 Å². The third-order valence-corrected chi connectivity index (χ3v) is 4.37. The molecule has 0 unspecified atom stereocenters. The largest absolute Gasteiger partial charge is 0.461 e. The maximum atomic E-state index is 12.4. The molecule has 2 aromatic heterocycles. The van der Waals surface area contributed by atoms with Gasteiger partial charge in [-0.25, -0.2) is 9.78 Å². The summed E-state index contributed by atoms with van der Waals surface area (Å²) in [5.74, 6) is 1.73. The minimum absolute atomic E-state index is 0.0406. The molecule has 1 aliphatic rings. The van der Waals surface area contributed by atoms with Crippen LogP contribution < -0.4 is 5.32 Å². The fourth-order valence-electron chi connectivity index (χ4n) is 2.86. The molecule has 2 aromatic rings. The number of nitrogens with zero attached hydrogens (tertiary/aromatic N) is 3. The van der Waals surface area contributed by atoms with Crippen LogP contribution in [0.2, 0.25) is 0 Å². The van der Waals surface area contributed by atoms with E-state index in [1.54, 1.807) is 23.3 Å². The van der Waals surface area contributed by atoms with E-state index in [2.05, 4.69) is 20.5 Å². The van der Waals surface area contributed by atoms with E-state index in [9.17, 15) is 9.59 Å². The number of hydrogen-bond donors (Lipinski definition) is 2. The number of rotatable bonds is 6. The SMILES string of the molecule is CC(C)COC(=O)N1CCC(C(=O)NCc2nc(-c3ccco3)n[nH]2)CC1. The van der Waals surface area contributed by atoms with Crippen LogP contribution in [-0.4, -0.2) is 51.8 Å². The molecule has 0 bridgehead atoms. The highest BCUT2D eigenvalue weighted by molar-refractivity contribution is 5.79. The molecule has 0 saturated carbocycles. The van der Waals surface area contributed by atoms with E-state index in [4.69, 9.17) is 9.15 Å². The highest BCUT2D eigenvalue weighted by Crippen LogP contribution is 2.19. The monoisotopic (exact) mass is 375 g/mol. The summed E-state index contributed by atoms with van der Waals surface area (Å²) in [6.45, 7) is 5.73. The van der Waals surface area contributed by atoms with Gasteiger partial charge in [-0.3, -0.25) is 9.89 Å². The van der Waals surface area contributed by atoms with E-state index in [1.807, 2.05) is 13.8 Å². The van der Waals surface area contributed by atoms with Crippen LogP contribution in [0.4, 0.5) is 4.79 Å². The Kier molecular flexibility index (Phi) is 6.10. The normalized spacial score (nSPS) is 15.1. The van der Waals surface area contributed by atoms with Crippen LogP contribution in [0.1, 0.15) is 32.5 Å². The third-order valence-electron chi connectivity index (χ3n) is 4.37. The fourth-order valence-corrected chi connectivity index (χ4v) is 2.86. The highest BCUT2D eigenvalue weighted by atomic mass is 16.6. The Hall–Kier alpha value is -2.84. The van der Waals surface area contributed by atoms with Crippen molar-refractivity contribution >= 4 is 12.0 Å². The van der Waals surface area contributed by atoms with Gasteiger partial charge < -0.3 is 19.4 Å². The molecule has 9 heteroatoms. The number of hydrogen-bond acceptors (Lipinski definition) is 6. The molecule has 2 N–H and O–H groups in total. The first-order chi connectivity index (χ1) is 13.0. The molecule has 9 nitrogen and oxygen atoms in total. The average Bonchev–Trinajstić information content (AvgIpc) is 3.35. The zero-order valence-electron chi connectivity index (χ0n) is 15.6. The predicted octanol–water partition coefficient (Wildman–Crippen LogP) is 2.19. The first-order valence-corrected chi connectivity index (χ1v) is 9.17. The average molecular weight is 375 g/mol. The molecular weight excluding hydrogens is 350 g/mol. The van der Waals surface area contributed by atoms with Gasteiger partial charge in [0.25, 0.3) is 0 Å². The first kappa shape index (κ1) is 18.9. The molecule has 3 rings (SSSR count). The molecule has 27 heavy (non-hydrogen) atoms. The second-order valence-corrected chi connectivity index (χ2v) is 7.03. The van der Waals surface area contributed by atoms with E-state index in [0.717, 1.165) is 0 Å². The van der Waals surface area contributed by atoms with Crippen LogP contribution in [0, 0.1) is 11.8 Å². The predicted molar refractivity (Wildman–Crippen MR) is 96.4 cm³/mol. The van der Waals surface area contributed by atoms with Crippen molar-refractivity contribution in [1.29, 1.82) is 0 Å². The van der Waals surface area contributed by atoms with Crippen molar-refractivity contribution in [3.63, 3.8) is 0 Å². The molecule has 0 aromatic carbocycles. The number of nitrogens with one attached hydrogen (secondary N) is 2. The number of likely N-dealkylation sites (tertiary alicyclic amines) is 1. The first-order valence-electron chi connectivity index (χ1n) is 9.17. The van der Waals surface area contributed by atoms with Crippen molar-refractivity contribution < 1.29 is 18.7 Å². The Morgan fingerprint density at radius 1 is 1.41 bits per heavy atom. The minimum Gasteiger partial charge on any atom is -0.461 e. The van der Waals surface area contributed by atoms with Gasteiger partial charge in [0.2, 0.25) is 11.7 Å². The summed E-state index contributed by atoms with van der Waals surface area (Å²) >= 11 is 0. The van der Waals surface area contributed by atoms with Gasteiger partial charge in [0, 0.05) is 19.0 Å². The Labute approximate surface area is 157 Å². The number of piperidine rings is 1. The summed E-state index contributed by atoms with van der Waals surface area (Å²) in [5.41, 5.74) is 0. The van der Waals surface area contributed by atoms with E-state index in [-0.39, 0.29) is 24.5 Å². The lowest BCUT2D eigenvalue weighted by Gasteiger charge is -2.30. The second kappa shape index (κ2) is 8.70. The van der Waals surface area contributed by atoms with E-state index >= 15 is 0 Å². The van der Waals surface area contributed by atoms with Gasteiger partial charge in [-0.1, -0.05) is 13.8 Å². The Bertz CT molecular complexity index is 748. The van der Waals surface area contributed by atoms with Gasteiger partial charge in [0.15, 0.2) is 5.76 Å². The summed E-state index contributed by atoms with van der Waals surface area (Å²) in [6.07, 6.45) is 2.50. The number of aromatic amines is 1. The summed E-state index contributed by atoms with van der Waals surface area (Å²) in [4.78, 5) is 30.3. The number of furan rings is 1. The van der Waals surface area contributed by atoms with E-state index in [1.165, 1.54) is 0 Å². The number of ether oxygens (including phenoxy) is 1. The second-order valence-electron chi connectivity index (χ2n) is 7.03. The number of H-pyrrole nitrogens is 1. The Morgan fingerprint density at radius 3 is 2.85 bits per heavy atom. The van der Waals surface area contributed by atoms with Crippen molar-refractivity contribution in [3.05, 3.63) is 24.2 Å². The third kappa shape index (κ3) is 5.08. The van der Waals surface area contributed by atoms with Gasteiger partial charge in [0.1, 0.15) is 5.82 Å². The molecule has 0 aliphatic carbocycles. The summed E-state index contributed by atoms with van der Waals surface area (Å²) in [6, 6.07) is 3.53. The number of amides is 2. The Balaban J connectivity index is 1.41. The Morgan fingerprint density at radius 2 is 2.19 bits per heavy atom. The van der Waals surface area contributed by atoms with Crippen molar-refractivity contribution in [2.45, 2.75) is 33.2 Å². The van der Waals surface area contributed by atoms with Crippen LogP contribution in [0.3, 0.4) is 0 Å². The van der Waals surface area contributed by atoms with Crippen LogP contribution in [0.15, 0.2) is 22.8 Å². The molecule has 0 atom stereocenters. The van der Waals surface area contributed by atoms with Gasteiger partial charge >= 0.3 is 6.09 Å². The number of carbonyl (C=O) groups excluding carboxylic acids is 2. The van der Waals surface area contributed by atoms with Crippen LogP contribution in [-0.2, 0) is 16.1 Å². The zero-order chi connectivity index (χ0) is 19.2. The summed E-state index contributed by atoms with van der Waals surface area (Å²) in [5, 5.41) is 9.73. The van der Waals surface area contributed by atoms with Crippen molar-refractivity contribution in [2.75, 3.05) is 19.7 Å². The quantitative estimate of drug-likeness (QED) is 0.800. The molecule has 3 heterocycles. The maximum absolute atomic E-state index is 12.4. The molecule has 1 fully saturated rings. The lowest BCUT2D eigenvalue weighted by molar-refractivity contribution is -0.126. The van der Waals surface area contributed by atoms with Crippen molar-refractivity contribution in [2.24, 2.45) is 11.8 Å². The zero-order valence-corrected chi connectivity index (χ0v) is 15.6. The molecule has 1 saturated heterocycles. The van der Waals surface area contributed by atoms with Crippen molar-refractivity contribution in [1.82, 2.24) is 25.4 Å². The van der Waals surface area contributed by atoms with Crippen LogP contribution in [0.25, 0.3) is 11.6 Å². The smallest absolute Gasteiger partial charge is 0.409 e. The standard InChI is InChI=1S/C18H25N5O4/c1-12(2)11-27-18(25)23-7-5-13(6-8-23)17(24)19-10-15-20-16(22-21-15)14-4-3-9-26-14/h3-4,9,12-13H,5-8,10-11H2,1-2H3,(H,19,24)(H,20,21,22). The molecule has 146 valence electrons. The molecule has 2 amide bonds. The molecular formula is C18H25N5O4. The molecule has 0 spiro atoms. The topological polar surface area (TPSA) is 113 Å². The molecule has 0 radical (unpaired) electrons. The summed E-state index contributed by atoms with van der Waals surface area (Å²) in [7, 11) is 0. The number of carbonyl (C=O) groups is 2. The lowest BCUT2D eigenvalue weighted by Crippen LogP contribution is -2.43. The van der Waals surface area contributed by atoms with Gasteiger partial charge in [0.05, 0.1) is 19.4 Å². The summed E-state index contributed by atoms with van der Waals surface area (Å²) < 4.78 is 10.5. The van der Waals surface area contributed by atoms with Gasteiger partial charge in [-0.05, 0) is 30.9 Å². The van der Waals surface area contributed by atoms with Gasteiger partial charge in [-0.2, -0.15) is 0 Å². The van der Waals surface area contributed by atoms with E-state index in [0.29, 0.717) is 55.9 Å². The van der Waals surface area contributed by atoms with Crippen LogP contribution >= 0.6 is 0 Å². The van der Waals surface area contributed by atoms with Crippen LogP contribution in [0.5, 0.6) is 0 Å². The maximum Gasteiger partial charge on any atom is 0.409 e. The highest BCUT2D eigenvalue weighted by Gasteiger charge is 2.28. The lowest BCUT2D eigenvalue weighted by atomic mass is 9.96. The molecule has 1 aliphatic heterocycles. The minimum atomic E-state index is -0.297. The fraction of sp³-hybridized carbons (Fsp3) is 0.556.